The van der Waals surface area contributed by atoms with Gasteiger partial charge in [-0.2, -0.15) is 4.98 Å². The number of piperidine rings is 2. The van der Waals surface area contributed by atoms with E-state index in [1.165, 1.54) is 0 Å². The molecule has 0 radical (unpaired) electrons. The third-order valence-electron chi connectivity index (χ3n) is 12.8. The molecule has 18 heteroatoms. The highest BCUT2D eigenvalue weighted by molar-refractivity contribution is 6.34. The SMILES string of the molecule is O=C1CCC(N2C(=O)c3cccc(N4CCN(CC5CCN(C(=O)Cc6ccc(Nc7ncc(F)c(NC8C=CC(C(=O)Nc9ccccc9Cl)=CC8)n7)cc6)CC5)CC4)c3C2=O)C(=O)N1. The van der Waals surface area contributed by atoms with E-state index in [1.807, 2.05) is 35.2 Å². The van der Waals surface area contributed by atoms with E-state index in [0.717, 1.165) is 49.1 Å². The maximum Gasteiger partial charge on any atom is 0.264 e. The molecule has 0 saturated carbocycles. The van der Waals surface area contributed by atoms with E-state index in [1.54, 1.807) is 54.6 Å². The van der Waals surface area contributed by atoms with Gasteiger partial charge in [-0.3, -0.25) is 43.9 Å². The normalized spacial score (nSPS) is 20.2. The monoisotopic (exact) mass is 914 g/mol. The zero-order chi connectivity index (χ0) is 45.9. The number of benzene rings is 3. The molecule has 0 spiro atoms. The van der Waals surface area contributed by atoms with E-state index in [2.05, 4.69) is 41.0 Å². The van der Waals surface area contributed by atoms with E-state index in [4.69, 9.17) is 11.6 Å². The molecule has 16 nitrogen and oxygen atoms in total. The number of rotatable bonds is 12. The van der Waals surface area contributed by atoms with Gasteiger partial charge in [-0.1, -0.05) is 60.2 Å². The summed E-state index contributed by atoms with van der Waals surface area (Å²) in [6, 6.07) is 18.3. The van der Waals surface area contributed by atoms with Crippen molar-refractivity contribution in [1.29, 1.82) is 0 Å². The molecule has 66 heavy (non-hydrogen) atoms. The van der Waals surface area contributed by atoms with Gasteiger partial charge < -0.3 is 25.8 Å². The number of hydrogen-bond donors (Lipinski definition) is 4. The van der Waals surface area contributed by atoms with Crippen molar-refractivity contribution in [3.63, 3.8) is 0 Å². The van der Waals surface area contributed by atoms with Gasteiger partial charge in [0.05, 0.1) is 40.1 Å². The van der Waals surface area contributed by atoms with Crippen LogP contribution in [0.15, 0.2) is 96.7 Å². The lowest BCUT2D eigenvalue weighted by Crippen LogP contribution is -2.54. The van der Waals surface area contributed by atoms with Gasteiger partial charge in [-0.15, -0.1) is 0 Å². The summed E-state index contributed by atoms with van der Waals surface area (Å²) >= 11 is 6.17. The van der Waals surface area contributed by atoms with Crippen LogP contribution in [-0.4, -0.2) is 118 Å². The Hall–Kier alpha value is -6.98. The van der Waals surface area contributed by atoms with Crippen molar-refractivity contribution in [1.82, 2.24) is 30.0 Å². The first-order valence-electron chi connectivity index (χ1n) is 22.2. The van der Waals surface area contributed by atoms with Crippen molar-refractivity contribution < 1.29 is 33.2 Å². The van der Waals surface area contributed by atoms with E-state index < -0.39 is 35.5 Å². The lowest BCUT2D eigenvalue weighted by atomic mass is 9.95. The summed E-state index contributed by atoms with van der Waals surface area (Å²) in [6.45, 7) is 5.19. The zero-order valence-electron chi connectivity index (χ0n) is 36.0. The van der Waals surface area contributed by atoms with Crippen molar-refractivity contribution in [2.45, 2.75) is 50.6 Å². The summed E-state index contributed by atoms with van der Waals surface area (Å²) in [5.41, 5.74) is 3.80. The van der Waals surface area contributed by atoms with Crippen LogP contribution in [0.3, 0.4) is 0 Å². The molecular weight excluding hydrogens is 867 g/mol. The molecule has 3 aromatic carbocycles. The van der Waals surface area contributed by atoms with Crippen LogP contribution < -0.4 is 26.2 Å². The third-order valence-corrected chi connectivity index (χ3v) is 13.1. The maximum absolute atomic E-state index is 14.8. The first-order chi connectivity index (χ1) is 32.0. The number of para-hydroxylation sites is 1. The number of aromatic nitrogens is 2. The number of fused-ring (bicyclic) bond motifs is 1. The highest BCUT2D eigenvalue weighted by Crippen LogP contribution is 2.35. The van der Waals surface area contributed by atoms with Crippen molar-refractivity contribution in [2.24, 2.45) is 5.92 Å². The summed E-state index contributed by atoms with van der Waals surface area (Å²) in [4.78, 5) is 93.3. The first kappa shape index (κ1) is 44.2. The molecular formula is C48H48ClFN10O6. The van der Waals surface area contributed by atoms with E-state index in [0.29, 0.717) is 71.7 Å². The zero-order valence-corrected chi connectivity index (χ0v) is 36.7. The fourth-order valence-electron chi connectivity index (χ4n) is 9.14. The summed E-state index contributed by atoms with van der Waals surface area (Å²) < 4.78 is 14.8. The molecule has 3 fully saturated rings. The smallest absolute Gasteiger partial charge is 0.264 e. The lowest BCUT2D eigenvalue weighted by molar-refractivity contribution is -0.136. The molecule has 3 saturated heterocycles. The van der Waals surface area contributed by atoms with Gasteiger partial charge >= 0.3 is 0 Å². The van der Waals surface area contributed by atoms with Crippen molar-refractivity contribution >= 4 is 75.9 Å². The van der Waals surface area contributed by atoms with Crippen LogP contribution in [0.1, 0.15) is 58.4 Å². The van der Waals surface area contributed by atoms with Gasteiger partial charge in [0.25, 0.3) is 17.7 Å². The van der Waals surface area contributed by atoms with E-state index >= 15 is 0 Å². The molecule has 1 aliphatic carbocycles. The molecule has 6 amide bonds. The molecule has 5 heterocycles. The fourth-order valence-corrected chi connectivity index (χ4v) is 9.32. The second-order valence-electron chi connectivity index (χ2n) is 17.1. The quantitative estimate of drug-likeness (QED) is 0.134. The van der Waals surface area contributed by atoms with Crippen LogP contribution in [0.4, 0.5) is 33.2 Å². The lowest BCUT2D eigenvalue weighted by Gasteiger charge is -2.40. The Labute approximate surface area is 385 Å². The minimum atomic E-state index is -1.01. The number of amides is 6. The number of carbonyl (C=O) groups is 6. The summed E-state index contributed by atoms with van der Waals surface area (Å²) in [5, 5.41) is 11.7. The van der Waals surface area contributed by atoms with Crippen LogP contribution in [0.2, 0.25) is 5.02 Å². The van der Waals surface area contributed by atoms with Crippen molar-refractivity contribution in [3.05, 3.63) is 124 Å². The molecule has 2 atom stereocenters. The number of piperazine rings is 1. The molecule has 4 aromatic rings. The number of likely N-dealkylation sites (tertiary alicyclic amines) is 1. The summed E-state index contributed by atoms with van der Waals surface area (Å²) in [5.74, 6) is -2.24. The van der Waals surface area contributed by atoms with E-state index in [9.17, 15) is 33.2 Å². The fraction of sp³-hybridized carbons (Fsp3) is 0.333. The van der Waals surface area contributed by atoms with Gasteiger partial charge in [0.15, 0.2) is 11.6 Å². The molecule has 5 aliphatic rings. The predicted molar refractivity (Wildman–Crippen MR) is 246 cm³/mol. The van der Waals surface area contributed by atoms with Crippen molar-refractivity contribution in [2.75, 3.05) is 66.7 Å². The standard InChI is InChI=1S/C48H48ClFN10O6/c49-35-5-1-2-6-37(35)54-44(63)31-10-14-32(15-11-31)52-43-36(50)27-51-48(56-43)53-33-12-8-29(9-13-33)26-41(62)59-20-18-30(19-21-59)28-57-22-24-58(25-23-57)38-7-3-4-34-42(38)47(66)60(46(34)65)39-16-17-40(61)55-45(39)64/h1-14,27,30,32,39H,15-26,28H2,(H,54,63)(H,55,61,64)(H2,51,52,53,56). The van der Waals surface area contributed by atoms with Crippen LogP contribution in [0, 0.1) is 11.7 Å². The number of nitrogens with zero attached hydrogens (tertiary/aromatic N) is 6. The minimum Gasteiger partial charge on any atom is -0.368 e. The number of halogens is 2. The first-order valence-corrected chi connectivity index (χ1v) is 22.5. The van der Waals surface area contributed by atoms with Crippen LogP contribution in [0.5, 0.6) is 0 Å². The third kappa shape index (κ3) is 9.67. The number of anilines is 5. The van der Waals surface area contributed by atoms with Gasteiger partial charge in [0.1, 0.15) is 6.04 Å². The van der Waals surface area contributed by atoms with E-state index in [-0.39, 0.29) is 54.4 Å². The number of nitrogens with one attached hydrogen (secondary N) is 4. The molecule has 1 aromatic heterocycles. The topological polar surface area (TPSA) is 189 Å². The molecule has 4 N–H and O–H groups in total. The average Bonchev–Trinajstić information content (AvgIpc) is 3.58. The Morgan fingerprint density at radius 3 is 2.38 bits per heavy atom. The van der Waals surface area contributed by atoms with Crippen LogP contribution >= 0.6 is 11.6 Å². The largest absolute Gasteiger partial charge is 0.368 e. The molecule has 0 bridgehead atoms. The van der Waals surface area contributed by atoms with Crippen LogP contribution in [0.25, 0.3) is 0 Å². The summed E-state index contributed by atoms with van der Waals surface area (Å²) in [7, 11) is 0. The van der Waals surface area contributed by atoms with Crippen molar-refractivity contribution in [3.8, 4) is 0 Å². The minimum absolute atomic E-state index is 0.0140. The van der Waals surface area contributed by atoms with Gasteiger partial charge in [0.2, 0.25) is 23.7 Å². The Bertz CT molecular complexity index is 2640. The molecule has 9 rings (SSSR count). The second kappa shape index (κ2) is 19.2. The predicted octanol–water partition coefficient (Wildman–Crippen LogP) is 5.32. The number of hydrogen-bond acceptors (Lipinski definition) is 12. The Morgan fingerprint density at radius 1 is 0.879 bits per heavy atom. The van der Waals surface area contributed by atoms with Gasteiger partial charge in [-0.05, 0) is 73.6 Å². The molecule has 4 aliphatic heterocycles. The maximum atomic E-state index is 14.8. The Kier molecular flexibility index (Phi) is 12.9. The van der Waals surface area contributed by atoms with Gasteiger partial charge in [-0.25, -0.2) is 9.37 Å². The average molecular weight is 915 g/mol. The van der Waals surface area contributed by atoms with Gasteiger partial charge in [0, 0.05) is 69.5 Å². The Balaban J connectivity index is 0.705. The molecule has 340 valence electrons. The molecule has 2 unspecified atom stereocenters. The number of imide groups is 2. The highest BCUT2D eigenvalue weighted by atomic mass is 35.5. The number of carbonyl (C=O) groups excluding carboxylic acids is 6. The Morgan fingerprint density at radius 2 is 1.65 bits per heavy atom. The highest BCUT2D eigenvalue weighted by Gasteiger charge is 2.46. The summed E-state index contributed by atoms with van der Waals surface area (Å²) in [6.07, 6.45) is 8.98. The second-order valence-corrected chi connectivity index (χ2v) is 17.5. The van der Waals surface area contributed by atoms with Crippen LogP contribution in [-0.2, 0) is 25.6 Å².